The fraction of sp³-hybridized carbons (Fsp3) is 0.464. The maximum absolute atomic E-state index is 11.3. The molecule has 0 radical (unpaired) electrons. The van der Waals surface area contributed by atoms with E-state index in [0.29, 0.717) is 37.0 Å². The first kappa shape index (κ1) is 25.8. The number of fused-ring (bicyclic) bond motifs is 1. The predicted molar refractivity (Wildman–Crippen MR) is 148 cm³/mol. The number of hydrogen-bond acceptors (Lipinski definition) is 6. The highest BCUT2D eigenvalue weighted by molar-refractivity contribution is 6.02. The molecule has 1 saturated heterocycles. The topological polar surface area (TPSA) is 132 Å². The Hall–Kier alpha value is -3.79. The monoisotopic (exact) mass is 517 g/mol. The number of carboxylic acid groups (broad SMARTS) is 1. The summed E-state index contributed by atoms with van der Waals surface area (Å²) in [4.78, 5) is 31.4. The molecule has 3 heterocycles. The van der Waals surface area contributed by atoms with Crippen molar-refractivity contribution < 1.29 is 14.6 Å². The molecule has 38 heavy (non-hydrogen) atoms. The summed E-state index contributed by atoms with van der Waals surface area (Å²) >= 11 is 0. The largest absolute Gasteiger partial charge is 0.463 e. The summed E-state index contributed by atoms with van der Waals surface area (Å²) < 4.78 is 7.98. The molecule has 1 atom stereocenters. The molecule has 10 nitrogen and oxygen atoms in total. The summed E-state index contributed by atoms with van der Waals surface area (Å²) in [6.45, 7) is 11.0. The van der Waals surface area contributed by atoms with E-state index in [1.54, 1.807) is 0 Å². The average molecular weight is 518 g/mol. The van der Waals surface area contributed by atoms with Crippen LogP contribution in [0.1, 0.15) is 44.0 Å². The Morgan fingerprint density at radius 3 is 2.76 bits per heavy atom. The van der Waals surface area contributed by atoms with Crippen molar-refractivity contribution in [2.75, 3.05) is 24.7 Å². The molecule has 3 N–H and O–H groups in total. The Kier molecular flexibility index (Phi) is 7.42. The minimum Gasteiger partial charge on any atom is -0.463 e. The molecule has 200 valence electrons. The number of imidazole rings is 1. The lowest BCUT2D eigenvalue weighted by Gasteiger charge is -2.35. The molecule has 2 fully saturated rings. The number of nitrogens with zero attached hydrogens (tertiary/aromatic N) is 6. The minimum atomic E-state index is -1.40. The number of morpholine rings is 1. The van der Waals surface area contributed by atoms with Gasteiger partial charge in [0, 0.05) is 18.7 Å². The van der Waals surface area contributed by atoms with Gasteiger partial charge in [-0.3, -0.25) is 0 Å². The number of ether oxygens (including phenoxy) is 1. The number of benzene rings is 1. The number of anilines is 1. The fourth-order valence-electron chi connectivity index (χ4n) is 5.51. The van der Waals surface area contributed by atoms with Crippen molar-refractivity contribution in [2.45, 2.75) is 52.1 Å². The highest BCUT2D eigenvalue weighted by atomic mass is 16.5. The van der Waals surface area contributed by atoms with Crippen LogP contribution in [0.3, 0.4) is 0 Å². The molecule has 1 aromatic carbocycles. The van der Waals surface area contributed by atoms with E-state index in [1.807, 2.05) is 31.2 Å². The van der Waals surface area contributed by atoms with Crippen LogP contribution in [-0.2, 0) is 11.3 Å². The van der Waals surface area contributed by atoms with Crippen LogP contribution < -0.4 is 10.6 Å². The number of aliphatic imine (C=N–C) groups is 1. The zero-order valence-corrected chi connectivity index (χ0v) is 22.0. The van der Waals surface area contributed by atoms with E-state index >= 15 is 0 Å². The minimum absolute atomic E-state index is 0.0285. The van der Waals surface area contributed by atoms with Gasteiger partial charge in [-0.25, -0.2) is 14.8 Å². The van der Waals surface area contributed by atoms with Gasteiger partial charge < -0.3 is 25.0 Å². The van der Waals surface area contributed by atoms with E-state index in [9.17, 15) is 9.90 Å². The van der Waals surface area contributed by atoms with Gasteiger partial charge in [0.2, 0.25) is 5.95 Å². The number of nitrogens with two attached hydrogens (primary N) is 1. The highest BCUT2D eigenvalue weighted by Gasteiger charge is 2.30. The highest BCUT2D eigenvalue weighted by Crippen LogP contribution is 2.36. The number of amidine groups is 1. The quantitative estimate of drug-likeness (QED) is 0.279. The SMILES string of the molecule is C=CC1COCCN1c1nc2nc(C(N)=NC(=O)O)nc(-c3cccc(C)c3)c2n1CC1CCC(C)CC1. The van der Waals surface area contributed by atoms with Crippen LogP contribution >= 0.6 is 0 Å². The molecular weight excluding hydrogens is 482 g/mol. The molecule has 1 aliphatic heterocycles. The lowest BCUT2D eigenvalue weighted by molar-refractivity contribution is 0.105. The molecule has 10 heteroatoms. The molecule has 1 saturated carbocycles. The Labute approximate surface area is 222 Å². The number of carbonyl (C=O) groups is 1. The van der Waals surface area contributed by atoms with Crippen LogP contribution in [0.25, 0.3) is 22.4 Å². The molecule has 1 aliphatic carbocycles. The smallest absolute Gasteiger partial charge is 0.433 e. The first-order chi connectivity index (χ1) is 18.3. The summed E-state index contributed by atoms with van der Waals surface area (Å²) in [6, 6.07) is 8.02. The van der Waals surface area contributed by atoms with Crippen molar-refractivity contribution in [2.24, 2.45) is 22.6 Å². The maximum Gasteiger partial charge on any atom is 0.433 e. The Morgan fingerprint density at radius 2 is 2.05 bits per heavy atom. The third-order valence-electron chi connectivity index (χ3n) is 7.59. The van der Waals surface area contributed by atoms with E-state index in [4.69, 9.17) is 20.4 Å². The van der Waals surface area contributed by atoms with Gasteiger partial charge >= 0.3 is 6.09 Å². The Morgan fingerprint density at radius 1 is 1.26 bits per heavy atom. The van der Waals surface area contributed by atoms with Gasteiger partial charge in [0.15, 0.2) is 17.3 Å². The van der Waals surface area contributed by atoms with E-state index in [1.165, 1.54) is 12.8 Å². The van der Waals surface area contributed by atoms with Gasteiger partial charge in [-0.05, 0) is 37.7 Å². The fourth-order valence-corrected chi connectivity index (χ4v) is 5.51. The molecule has 0 bridgehead atoms. The van der Waals surface area contributed by atoms with Crippen molar-refractivity contribution in [1.82, 2.24) is 19.5 Å². The Bertz CT molecular complexity index is 1370. The first-order valence-electron chi connectivity index (χ1n) is 13.2. The van der Waals surface area contributed by atoms with Crippen LogP contribution in [0, 0.1) is 18.8 Å². The molecule has 2 aliphatic rings. The average Bonchev–Trinajstić information content (AvgIpc) is 3.27. The van der Waals surface area contributed by atoms with Crippen molar-refractivity contribution in [3.05, 3.63) is 48.3 Å². The predicted octanol–water partition coefficient (Wildman–Crippen LogP) is 4.40. The van der Waals surface area contributed by atoms with Crippen molar-refractivity contribution in [3.63, 3.8) is 0 Å². The molecule has 5 rings (SSSR count). The van der Waals surface area contributed by atoms with Gasteiger partial charge in [-0.15, -0.1) is 6.58 Å². The van der Waals surface area contributed by atoms with Gasteiger partial charge in [0.05, 0.1) is 19.3 Å². The normalized spacial score (nSPS) is 22.5. The number of amides is 1. The second-order valence-corrected chi connectivity index (χ2v) is 10.4. The summed E-state index contributed by atoms with van der Waals surface area (Å²) in [5, 5.41) is 9.19. The van der Waals surface area contributed by atoms with E-state index in [-0.39, 0.29) is 17.7 Å². The molecule has 1 unspecified atom stereocenters. The molecule has 3 aromatic rings. The number of aryl methyl sites for hydroxylation is 1. The van der Waals surface area contributed by atoms with Gasteiger partial charge in [-0.1, -0.05) is 49.6 Å². The summed E-state index contributed by atoms with van der Waals surface area (Å²) in [5.41, 5.74) is 9.92. The molecule has 1 amide bonds. The van der Waals surface area contributed by atoms with Crippen molar-refractivity contribution in [1.29, 1.82) is 0 Å². The van der Waals surface area contributed by atoms with Crippen LogP contribution in [0.5, 0.6) is 0 Å². The second-order valence-electron chi connectivity index (χ2n) is 10.4. The standard InChI is InChI=1S/C28H35N7O3/c1-4-21-16-38-13-12-34(21)27-33-25-23(35(27)15-19-10-8-17(2)9-11-19)22(20-7-5-6-18(3)14-20)30-26(32-25)24(29)31-28(36)37/h4-7,14,17,19,21H,1,8-13,15-16H2,2-3H3,(H2,29,31)(H,36,37). The molecular formula is C28H35N7O3. The van der Waals surface area contributed by atoms with Crippen LogP contribution in [0.15, 0.2) is 41.9 Å². The van der Waals surface area contributed by atoms with E-state index in [2.05, 4.69) is 39.0 Å². The summed E-state index contributed by atoms with van der Waals surface area (Å²) in [5.74, 6) is 1.83. The number of rotatable bonds is 6. The third kappa shape index (κ3) is 5.26. The molecule has 2 aromatic heterocycles. The zero-order chi connectivity index (χ0) is 26.8. The number of aromatic nitrogens is 4. The zero-order valence-electron chi connectivity index (χ0n) is 22.0. The van der Waals surface area contributed by atoms with E-state index < -0.39 is 6.09 Å². The third-order valence-corrected chi connectivity index (χ3v) is 7.59. The van der Waals surface area contributed by atoms with Crippen molar-refractivity contribution >= 4 is 29.0 Å². The molecule has 0 spiro atoms. The van der Waals surface area contributed by atoms with Crippen LogP contribution in [0.4, 0.5) is 10.7 Å². The summed E-state index contributed by atoms with van der Waals surface area (Å²) in [7, 11) is 0. The van der Waals surface area contributed by atoms with Crippen LogP contribution in [-0.4, -0.2) is 62.4 Å². The van der Waals surface area contributed by atoms with Gasteiger partial charge in [-0.2, -0.15) is 9.98 Å². The maximum atomic E-state index is 11.3. The van der Waals surface area contributed by atoms with Gasteiger partial charge in [0.1, 0.15) is 11.2 Å². The van der Waals surface area contributed by atoms with E-state index in [0.717, 1.165) is 47.9 Å². The second kappa shape index (κ2) is 10.9. The first-order valence-corrected chi connectivity index (χ1v) is 13.2. The van der Waals surface area contributed by atoms with Crippen molar-refractivity contribution in [3.8, 4) is 11.3 Å². The van der Waals surface area contributed by atoms with Gasteiger partial charge in [0.25, 0.3) is 0 Å². The Balaban J connectivity index is 1.75. The lowest BCUT2D eigenvalue weighted by Crippen LogP contribution is -2.45. The van der Waals surface area contributed by atoms with Crippen LogP contribution in [0.2, 0.25) is 0 Å². The lowest BCUT2D eigenvalue weighted by atomic mass is 9.83. The summed E-state index contributed by atoms with van der Waals surface area (Å²) in [6.07, 6.45) is 5.24. The number of hydrogen-bond donors (Lipinski definition) is 2.